The highest BCUT2D eigenvalue weighted by atomic mass is 16.7. The molecule has 0 radical (unpaired) electrons. The lowest BCUT2D eigenvalue weighted by Gasteiger charge is -2.05. The molecule has 0 aliphatic heterocycles. The molecule has 0 fully saturated rings. The number of esters is 1. The van der Waals surface area contributed by atoms with Crippen LogP contribution in [0.5, 0.6) is 0 Å². The molecule has 1 aromatic rings. The van der Waals surface area contributed by atoms with Gasteiger partial charge in [0.2, 0.25) is 0 Å². The molecule has 0 spiro atoms. The summed E-state index contributed by atoms with van der Waals surface area (Å²) in [5.41, 5.74) is 5.71. The summed E-state index contributed by atoms with van der Waals surface area (Å²) in [5.74, 6) is -0.932. The van der Waals surface area contributed by atoms with Crippen molar-refractivity contribution < 1.29 is 24.2 Å². The van der Waals surface area contributed by atoms with Crippen LogP contribution in [0.25, 0.3) is 0 Å². The average Bonchev–Trinajstić information content (AvgIpc) is 2.26. The van der Waals surface area contributed by atoms with E-state index in [0.29, 0.717) is 0 Å². The molecule has 0 aromatic heterocycles. The van der Waals surface area contributed by atoms with Crippen LogP contribution in [0.2, 0.25) is 0 Å². The Morgan fingerprint density at radius 2 is 1.94 bits per heavy atom. The summed E-state index contributed by atoms with van der Waals surface area (Å²) in [6.45, 7) is 0.0120. The molecule has 3 N–H and O–H groups in total. The third-order valence-electron chi connectivity index (χ3n) is 1.77. The fourth-order valence-corrected chi connectivity index (χ4v) is 1.05. The van der Waals surface area contributed by atoms with Crippen LogP contribution >= 0.6 is 0 Å². The summed E-state index contributed by atoms with van der Waals surface area (Å²) in [6, 6.07) is 8.94. The van der Waals surface area contributed by atoms with E-state index < -0.39 is 24.8 Å². The lowest BCUT2D eigenvalue weighted by molar-refractivity contribution is -0.142. The van der Waals surface area contributed by atoms with Crippen LogP contribution in [-0.2, 0) is 20.9 Å². The number of rotatable bonds is 4. The van der Waals surface area contributed by atoms with Crippen molar-refractivity contribution >= 4 is 12.1 Å². The minimum absolute atomic E-state index is 0.0120. The minimum atomic E-state index is -1.34. The van der Waals surface area contributed by atoms with Crippen LogP contribution in [0.4, 0.5) is 4.79 Å². The number of benzene rings is 1. The maximum atomic E-state index is 11.0. The number of aliphatic hydroxyl groups is 1. The van der Waals surface area contributed by atoms with Crippen molar-refractivity contribution in [2.24, 2.45) is 5.73 Å². The first kappa shape index (κ1) is 13.1. The van der Waals surface area contributed by atoms with Gasteiger partial charge >= 0.3 is 12.1 Å². The van der Waals surface area contributed by atoms with Gasteiger partial charge in [-0.25, -0.2) is 4.79 Å². The second-order valence-corrected chi connectivity index (χ2v) is 3.27. The van der Waals surface area contributed by atoms with E-state index in [1.165, 1.54) is 0 Å². The van der Waals surface area contributed by atoms with Crippen molar-refractivity contribution in [3.05, 3.63) is 35.9 Å². The fourth-order valence-electron chi connectivity index (χ4n) is 1.05. The molecule has 0 aliphatic carbocycles. The van der Waals surface area contributed by atoms with Crippen LogP contribution in [0.1, 0.15) is 12.0 Å². The SMILES string of the molecule is N[C@H](O)CC(=O)OC(=O)OCc1ccccc1. The number of nitrogens with two attached hydrogens (primary N) is 1. The number of carbonyl (C=O) groups is 2. The van der Waals surface area contributed by atoms with Gasteiger partial charge in [-0.15, -0.1) is 0 Å². The number of hydrogen-bond acceptors (Lipinski definition) is 6. The normalized spacial score (nSPS) is 11.6. The molecule has 17 heavy (non-hydrogen) atoms. The van der Waals surface area contributed by atoms with Crippen molar-refractivity contribution in [3.8, 4) is 0 Å². The first-order valence-electron chi connectivity index (χ1n) is 4.93. The van der Waals surface area contributed by atoms with Crippen LogP contribution in [0.15, 0.2) is 30.3 Å². The molecule has 0 saturated carbocycles. The molecule has 0 unspecified atom stereocenters. The van der Waals surface area contributed by atoms with Crippen molar-refractivity contribution in [2.45, 2.75) is 19.3 Å². The van der Waals surface area contributed by atoms with Gasteiger partial charge in [-0.2, -0.15) is 0 Å². The summed E-state index contributed by atoms with van der Waals surface area (Å²) in [7, 11) is 0. The lowest BCUT2D eigenvalue weighted by atomic mass is 10.2. The van der Waals surface area contributed by atoms with Gasteiger partial charge in [-0.1, -0.05) is 30.3 Å². The smallest absolute Gasteiger partial charge is 0.429 e. The molecular formula is C11H13NO5. The van der Waals surface area contributed by atoms with Gasteiger partial charge in [0.1, 0.15) is 12.8 Å². The van der Waals surface area contributed by atoms with E-state index in [0.717, 1.165) is 5.56 Å². The van der Waals surface area contributed by atoms with Crippen LogP contribution in [0, 0.1) is 0 Å². The van der Waals surface area contributed by atoms with E-state index in [4.69, 9.17) is 10.8 Å². The molecule has 0 amide bonds. The van der Waals surface area contributed by atoms with E-state index in [9.17, 15) is 9.59 Å². The van der Waals surface area contributed by atoms with Crippen LogP contribution < -0.4 is 5.73 Å². The Morgan fingerprint density at radius 3 is 2.53 bits per heavy atom. The quantitative estimate of drug-likeness (QED) is 0.452. The largest absolute Gasteiger partial charge is 0.516 e. The predicted molar refractivity (Wildman–Crippen MR) is 57.5 cm³/mol. The van der Waals surface area contributed by atoms with Crippen LogP contribution in [-0.4, -0.2) is 23.5 Å². The zero-order valence-electron chi connectivity index (χ0n) is 9.04. The van der Waals surface area contributed by atoms with Gasteiger partial charge in [-0.3, -0.25) is 4.79 Å². The Hall–Kier alpha value is -1.92. The van der Waals surface area contributed by atoms with E-state index in [1.54, 1.807) is 24.3 Å². The summed E-state index contributed by atoms with van der Waals surface area (Å²) >= 11 is 0. The third kappa shape index (κ3) is 5.64. The maximum absolute atomic E-state index is 11.0. The Kier molecular flexibility index (Phi) is 5.12. The Labute approximate surface area is 97.9 Å². The van der Waals surface area contributed by atoms with Gasteiger partial charge in [0.25, 0.3) is 0 Å². The van der Waals surface area contributed by atoms with Crippen molar-refractivity contribution in [2.75, 3.05) is 0 Å². The summed E-state index contributed by atoms with van der Waals surface area (Å²) in [6.07, 6.45) is -2.91. The number of aliphatic hydroxyl groups excluding tert-OH is 1. The molecular weight excluding hydrogens is 226 g/mol. The van der Waals surface area contributed by atoms with Gasteiger partial charge in [0, 0.05) is 0 Å². The molecule has 6 heteroatoms. The molecule has 92 valence electrons. The number of hydrogen-bond donors (Lipinski definition) is 2. The van der Waals surface area contributed by atoms with E-state index >= 15 is 0 Å². The minimum Gasteiger partial charge on any atom is -0.429 e. The molecule has 1 aromatic carbocycles. The van der Waals surface area contributed by atoms with Gasteiger partial charge in [-0.05, 0) is 5.56 Å². The zero-order valence-corrected chi connectivity index (χ0v) is 9.04. The highest BCUT2D eigenvalue weighted by molar-refractivity contribution is 5.81. The van der Waals surface area contributed by atoms with Gasteiger partial charge in [0.15, 0.2) is 0 Å². The number of ether oxygens (including phenoxy) is 2. The van der Waals surface area contributed by atoms with Gasteiger partial charge < -0.3 is 20.3 Å². The predicted octanol–water partition coefficient (Wildman–Crippen LogP) is 0.534. The first-order valence-corrected chi connectivity index (χ1v) is 4.93. The second kappa shape index (κ2) is 6.62. The van der Waals surface area contributed by atoms with Crippen molar-refractivity contribution in [1.82, 2.24) is 0 Å². The fraction of sp³-hybridized carbons (Fsp3) is 0.273. The molecule has 0 bridgehead atoms. The standard InChI is InChI=1S/C11H13NO5/c12-9(13)6-10(14)17-11(15)16-7-8-4-2-1-3-5-8/h1-5,9,13H,6-7,12H2/t9-/m1/s1. The van der Waals surface area contributed by atoms with Crippen molar-refractivity contribution in [1.29, 1.82) is 0 Å². The second-order valence-electron chi connectivity index (χ2n) is 3.27. The third-order valence-corrected chi connectivity index (χ3v) is 1.77. The van der Waals surface area contributed by atoms with E-state index in [-0.39, 0.29) is 6.61 Å². The summed E-state index contributed by atoms with van der Waals surface area (Å²) in [4.78, 5) is 21.9. The average molecular weight is 239 g/mol. The highest BCUT2D eigenvalue weighted by Crippen LogP contribution is 2.02. The van der Waals surface area contributed by atoms with E-state index in [2.05, 4.69) is 9.47 Å². The van der Waals surface area contributed by atoms with Crippen LogP contribution in [0.3, 0.4) is 0 Å². The molecule has 0 aliphatic rings. The Balaban J connectivity index is 2.28. The Bertz CT molecular complexity index is 377. The molecule has 0 saturated heterocycles. The lowest BCUT2D eigenvalue weighted by Crippen LogP contribution is -2.25. The maximum Gasteiger partial charge on any atom is 0.516 e. The molecule has 1 rings (SSSR count). The monoisotopic (exact) mass is 239 g/mol. The number of carbonyl (C=O) groups excluding carboxylic acids is 2. The molecule has 1 atom stereocenters. The molecule has 6 nitrogen and oxygen atoms in total. The van der Waals surface area contributed by atoms with E-state index in [1.807, 2.05) is 6.07 Å². The zero-order chi connectivity index (χ0) is 12.7. The first-order chi connectivity index (χ1) is 8.08. The topological polar surface area (TPSA) is 98.9 Å². The molecule has 0 heterocycles. The highest BCUT2D eigenvalue weighted by Gasteiger charge is 2.14. The Morgan fingerprint density at radius 1 is 1.29 bits per heavy atom. The summed E-state index contributed by atoms with van der Waals surface area (Å²) < 4.78 is 8.92. The van der Waals surface area contributed by atoms with Gasteiger partial charge in [0.05, 0.1) is 6.42 Å². The van der Waals surface area contributed by atoms with Crippen molar-refractivity contribution in [3.63, 3.8) is 0 Å². The summed E-state index contributed by atoms with van der Waals surface area (Å²) in [5, 5.41) is 8.67.